The Balaban J connectivity index is 2.23. The molecule has 1 atom stereocenters. The summed E-state index contributed by atoms with van der Waals surface area (Å²) in [6.45, 7) is 0. The van der Waals surface area contributed by atoms with E-state index in [0.717, 1.165) is 22.3 Å². The van der Waals surface area contributed by atoms with Gasteiger partial charge in [0.25, 0.3) is 0 Å². The van der Waals surface area contributed by atoms with Gasteiger partial charge >= 0.3 is 0 Å². The molecule has 0 heterocycles. The largest absolute Gasteiger partial charge is 0.302 e. The third kappa shape index (κ3) is 2.94. The molecule has 0 saturated carbocycles. The van der Waals surface area contributed by atoms with E-state index in [4.69, 9.17) is 0 Å². The van der Waals surface area contributed by atoms with Gasteiger partial charge in [-0.3, -0.25) is 0 Å². The van der Waals surface area contributed by atoms with E-state index in [9.17, 15) is 8.76 Å². The molecule has 0 spiro atoms. The van der Waals surface area contributed by atoms with E-state index in [2.05, 4.69) is 0 Å². The molecule has 21 heavy (non-hydrogen) atoms. The molecular formula is C18H14O2S. The molecule has 0 fully saturated rings. The second-order valence-electron chi connectivity index (χ2n) is 4.69. The maximum atomic E-state index is 11.3. The van der Waals surface area contributed by atoms with Crippen molar-refractivity contribution >= 4 is 11.1 Å². The SMILES string of the molecule is O=S(O)c1ccc(-c2ccccc2)c(-c2ccccc2)c1. The zero-order chi connectivity index (χ0) is 14.7. The molecule has 0 amide bonds. The first-order chi connectivity index (χ1) is 10.3. The summed E-state index contributed by atoms with van der Waals surface area (Å²) in [5, 5.41) is 0. The fourth-order valence-corrected chi connectivity index (χ4v) is 2.76. The van der Waals surface area contributed by atoms with Gasteiger partial charge in [-0.1, -0.05) is 66.7 Å². The summed E-state index contributed by atoms with van der Waals surface area (Å²) in [7, 11) is 0. The molecule has 3 aromatic carbocycles. The van der Waals surface area contributed by atoms with E-state index in [1.807, 2.05) is 66.7 Å². The van der Waals surface area contributed by atoms with E-state index < -0.39 is 11.1 Å². The fourth-order valence-electron chi connectivity index (χ4n) is 2.36. The predicted octanol–water partition coefficient (Wildman–Crippen LogP) is 4.60. The predicted molar refractivity (Wildman–Crippen MR) is 86.4 cm³/mol. The first-order valence-electron chi connectivity index (χ1n) is 6.61. The molecule has 2 nitrogen and oxygen atoms in total. The van der Waals surface area contributed by atoms with Crippen LogP contribution in [0.1, 0.15) is 0 Å². The van der Waals surface area contributed by atoms with Crippen LogP contribution in [0.5, 0.6) is 0 Å². The maximum Gasteiger partial charge on any atom is 0.186 e. The van der Waals surface area contributed by atoms with Gasteiger partial charge < -0.3 is 4.55 Å². The van der Waals surface area contributed by atoms with Crippen LogP contribution >= 0.6 is 0 Å². The van der Waals surface area contributed by atoms with Gasteiger partial charge in [-0.05, 0) is 34.4 Å². The molecule has 0 aliphatic heterocycles. The maximum absolute atomic E-state index is 11.3. The van der Waals surface area contributed by atoms with Crippen molar-refractivity contribution in [1.29, 1.82) is 0 Å². The fraction of sp³-hybridized carbons (Fsp3) is 0. The average Bonchev–Trinajstić information content (AvgIpc) is 2.56. The van der Waals surface area contributed by atoms with Crippen LogP contribution in [0.2, 0.25) is 0 Å². The molecule has 1 N–H and O–H groups in total. The highest BCUT2D eigenvalue weighted by atomic mass is 32.2. The van der Waals surface area contributed by atoms with Crippen LogP contribution in [0.25, 0.3) is 22.3 Å². The lowest BCUT2D eigenvalue weighted by Crippen LogP contribution is -1.92. The monoisotopic (exact) mass is 294 g/mol. The average molecular weight is 294 g/mol. The van der Waals surface area contributed by atoms with E-state index in [1.165, 1.54) is 0 Å². The summed E-state index contributed by atoms with van der Waals surface area (Å²) in [6.07, 6.45) is 0. The van der Waals surface area contributed by atoms with Gasteiger partial charge in [0.1, 0.15) is 0 Å². The van der Waals surface area contributed by atoms with Crippen LogP contribution in [0, 0.1) is 0 Å². The Hall–Kier alpha value is -2.23. The summed E-state index contributed by atoms with van der Waals surface area (Å²) in [4.78, 5) is 0.411. The third-order valence-corrected chi connectivity index (χ3v) is 4.02. The Kier molecular flexibility index (Phi) is 3.95. The summed E-state index contributed by atoms with van der Waals surface area (Å²) in [5.74, 6) is 0. The molecule has 0 aliphatic rings. The van der Waals surface area contributed by atoms with E-state index >= 15 is 0 Å². The lowest BCUT2D eigenvalue weighted by Gasteiger charge is -2.11. The Labute approximate surface area is 126 Å². The highest BCUT2D eigenvalue weighted by molar-refractivity contribution is 7.79. The highest BCUT2D eigenvalue weighted by Gasteiger charge is 2.10. The van der Waals surface area contributed by atoms with Crippen LogP contribution in [0.3, 0.4) is 0 Å². The minimum Gasteiger partial charge on any atom is -0.302 e. The van der Waals surface area contributed by atoms with E-state index in [-0.39, 0.29) is 0 Å². The van der Waals surface area contributed by atoms with Crippen LogP contribution in [-0.4, -0.2) is 8.76 Å². The Morgan fingerprint density at radius 2 is 1.19 bits per heavy atom. The smallest absolute Gasteiger partial charge is 0.186 e. The lowest BCUT2D eigenvalue weighted by molar-refractivity contribution is 0.564. The molecule has 3 aromatic rings. The molecule has 0 aromatic heterocycles. The molecule has 0 saturated heterocycles. The molecule has 0 aliphatic carbocycles. The number of hydrogen-bond acceptors (Lipinski definition) is 1. The van der Waals surface area contributed by atoms with E-state index in [0.29, 0.717) is 4.90 Å². The number of hydrogen-bond donors (Lipinski definition) is 1. The van der Waals surface area contributed by atoms with Gasteiger partial charge in [-0.25, -0.2) is 4.21 Å². The summed E-state index contributed by atoms with van der Waals surface area (Å²) >= 11 is -1.98. The second kappa shape index (κ2) is 6.04. The van der Waals surface area contributed by atoms with Crippen molar-refractivity contribution in [3.63, 3.8) is 0 Å². The van der Waals surface area contributed by atoms with Gasteiger partial charge in [0.05, 0.1) is 4.90 Å². The topological polar surface area (TPSA) is 37.3 Å². The van der Waals surface area contributed by atoms with Gasteiger partial charge in [0, 0.05) is 0 Å². The molecule has 104 valence electrons. The van der Waals surface area contributed by atoms with Crippen LogP contribution in [0.15, 0.2) is 83.8 Å². The lowest BCUT2D eigenvalue weighted by atomic mass is 9.95. The zero-order valence-corrected chi connectivity index (χ0v) is 12.1. The Bertz CT molecular complexity index is 768. The van der Waals surface area contributed by atoms with Crippen molar-refractivity contribution in [3.05, 3.63) is 78.9 Å². The summed E-state index contributed by atoms with van der Waals surface area (Å²) in [6, 6.07) is 25.3. The zero-order valence-electron chi connectivity index (χ0n) is 11.3. The van der Waals surface area contributed by atoms with Crippen molar-refractivity contribution in [2.45, 2.75) is 4.90 Å². The Morgan fingerprint density at radius 1 is 0.667 bits per heavy atom. The van der Waals surface area contributed by atoms with E-state index in [1.54, 1.807) is 12.1 Å². The van der Waals surface area contributed by atoms with Crippen molar-refractivity contribution in [3.8, 4) is 22.3 Å². The molecule has 1 unspecified atom stereocenters. The van der Waals surface area contributed by atoms with Crippen LogP contribution in [-0.2, 0) is 11.1 Å². The highest BCUT2D eigenvalue weighted by Crippen LogP contribution is 2.33. The quantitative estimate of drug-likeness (QED) is 0.717. The van der Waals surface area contributed by atoms with Gasteiger partial charge in [0.15, 0.2) is 11.1 Å². The van der Waals surface area contributed by atoms with Crippen LogP contribution < -0.4 is 0 Å². The number of rotatable bonds is 3. The summed E-state index contributed by atoms with van der Waals surface area (Å²) < 4.78 is 20.7. The van der Waals surface area contributed by atoms with Gasteiger partial charge in [-0.2, -0.15) is 0 Å². The first kappa shape index (κ1) is 13.7. The van der Waals surface area contributed by atoms with Crippen LogP contribution in [0.4, 0.5) is 0 Å². The van der Waals surface area contributed by atoms with Crippen molar-refractivity contribution in [2.24, 2.45) is 0 Å². The normalized spacial score (nSPS) is 12.0. The van der Waals surface area contributed by atoms with Gasteiger partial charge in [0.2, 0.25) is 0 Å². The van der Waals surface area contributed by atoms with Crippen molar-refractivity contribution in [2.75, 3.05) is 0 Å². The number of benzene rings is 3. The third-order valence-electron chi connectivity index (χ3n) is 3.36. The van der Waals surface area contributed by atoms with Crippen molar-refractivity contribution < 1.29 is 8.76 Å². The molecule has 3 rings (SSSR count). The minimum absolute atomic E-state index is 0.411. The minimum atomic E-state index is -1.98. The first-order valence-corrected chi connectivity index (χ1v) is 7.72. The molecule has 0 bridgehead atoms. The second-order valence-corrected chi connectivity index (χ2v) is 5.66. The summed E-state index contributed by atoms with van der Waals surface area (Å²) in [5.41, 5.74) is 4.13. The Morgan fingerprint density at radius 3 is 1.71 bits per heavy atom. The standard InChI is InChI=1S/C18H14O2S/c19-21(20)16-11-12-17(14-7-3-1-4-8-14)18(13-16)15-9-5-2-6-10-15/h1-13H,(H,19,20). The van der Waals surface area contributed by atoms with Crippen molar-refractivity contribution in [1.82, 2.24) is 0 Å². The molecule has 3 heteroatoms. The van der Waals surface area contributed by atoms with Gasteiger partial charge in [-0.15, -0.1) is 0 Å². The molecule has 0 radical (unpaired) electrons. The molecular weight excluding hydrogens is 280 g/mol.